The minimum Gasteiger partial charge on any atom is -0.338 e. The van der Waals surface area contributed by atoms with Gasteiger partial charge in [-0.25, -0.2) is 4.98 Å². The number of hydrogen-bond donors (Lipinski definition) is 0. The van der Waals surface area contributed by atoms with Gasteiger partial charge in [0.05, 0.1) is 5.02 Å². The van der Waals surface area contributed by atoms with E-state index in [9.17, 15) is 4.79 Å². The van der Waals surface area contributed by atoms with Crippen molar-refractivity contribution < 1.29 is 4.79 Å². The molecule has 0 N–H and O–H groups in total. The first kappa shape index (κ1) is 18.6. The number of aromatic nitrogens is 4. The SMILES string of the molecule is CCCCN(CCCC)C(=O)c1c(Cl)c2cccnc2n2c(C)nnc12. The normalized spacial score (nSPS) is 11.4. The maximum atomic E-state index is 13.4. The number of fused-ring (bicyclic) bond motifs is 3. The lowest BCUT2D eigenvalue weighted by Crippen LogP contribution is -2.33. The second-order valence-corrected chi connectivity index (χ2v) is 6.85. The average Bonchev–Trinajstić information content (AvgIpc) is 3.03. The molecular formula is C19H24ClN5O. The molecule has 0 saturated carbocycles. The van der Waals surface area contributed by atoms with E-state index in [0.717, 1.165) is 44.2 Å². The van der Waals surface area contributed by atoms with Gasteiger partial charge in [0.1, 0.15) is 17.0 Å². The van der Waals surface area contributed by atoms with Crippen LogP contribution in [0.2, 0.25) is 5.02 Å². The average molecular weight is 374 g/mol. The van der Waals surface area contributed by atoms with Crippen molar-refractivity contribution in [3.05, 3.63) is 34.7 Å². The molecule has 7 heteroatoms. The van der Waals surface area contributed by atoms with Crippen LogP contribution in [-0.2, 0) is 0 Å². The van der Waals surface area contributed by atoms with Crippen LogP contribution in [0.5, 0.6) is 0 Å². The quantitative estimate of drug-likeness (QED) is 0.620. The van der Waals surface area contributed by atoms with Crippen LogP contribution < -0.4 is 0 Å². The predicted molar refractivity (Wildman–Crippen MR) is 104 cm³/mol. The van der Waals surface area contributed by atoms with Crippen LogP contribution in [0.1, 0.15) is 55.7 Å². The fourth-order valence-corrected chi connectivity index (χ4v) is 3.43. The third kappa shape index (κ3) is 3.26. The molecule has 3 aromatic heterocycles. The summed E-state index contributed by atoms with van der Waals surface area (Å²) in [5.74, 6) is 0.600. The Bertz CT molecular complexity index is 928. The lowest BCUT2D eigenvalue weighted by atomic mass is 10.1. The summed E-state index contributed by atoms with van der Waals surface area (Å²) in [6.07, 6.45) is 5.69. The monoisotopic (exact) mass is 373 g/mol. The number of unbranched alkanes of at least 4 members (excludes halogenated alkanes) is 2. The minimum absolute atomic E-state index is 0.0833. The van der Waals surface area contributed by atoms with Crippen LogP contribution in [-0.4, -0.2) is 43.5 Å². The van der Waals surface area contributed by atoms with Crippen molar-refractivity contribution in [2.24, 2.45) is 0 Å². The fourth-order valence-electron chi connectivity index (χ4n) is 3.12. The number of halogens is 1. The third-order valence-corrected chi connectivity index (χ3v) is 4.96. The number of amides is 1. The molecule has 0 aromatic carbocycles. The Balaban J connectivity index is 2.18. The molecule has 0 bridgehead atoms. The standard InChI is InChI=1S/C19H24ClN5O/c1-4-6-11-24(12-7-5-2)19(26)15-16(20)14-9-8-10-21-17(14)25-13(3)22-23-18(15)25/h8-10H,4-7,11-12H2,1-3H3. The smallest absolute Gasteiger partial charge is 0.259 e. The minimum atomic E-state index is -0.0833. The van der Waals surface area contributed by atoms with Crippen molar-refractivity contribution >= 4 is 34.2 Å². The summed E-state index contributed by atoms with van der Waals surface area (Å²) in [6.45, 7) is 7.53. The first-order valence-corrected chi connectivity index (χ1v) is 9.55. The van der Waals surface area contributed by atoms with Gasteiger partial charge in [-0.15, -0.1) is 10.2 Å². The summed E-state index contributed by atoms with van der Waals surface area (Å²) < 4.78 is 1.81. The van der Waals surface area contributed by atoms with Gasteiger partial charge in [0.2, 0.25) is 0 Å². The highest BCUT2D eigenvalue weighted by Gasteiger charge is 2.26. The van der Waals surface area contributed by atoms with Crippen molar-refractivity contribution in [2.75, 3.05) is 13.1 Å². The third-order valence-electron chi connectivity index (χ3n) is 4.57. The van der Waals surface area contributed by atoms with Gasteiger partial charge in [0.25, 0.3) is 5.91 Å². The van der Waals surface area contributed by atoms with E-state index in [1.165, 1.54) is 0 Å². The number of pyridine rings is 2. The maximum Gasteiger partial charge on any atom is 0.259 e. The van der Waals surface area contributed by atoms with Crippen LogP contribution in [0.4, 0.5) is 0 Å². The van der Waals surface area contributed by atoms with Gasteiger partial charge in [-0.1, -0.05) is 38.3 Å². The molecule has 26 heavy (non-hydrogen) atoms. The summed E-state index contributed by atoms with van der Waals surface area (Å²) >= 11 is 6.67. The van der Waals surface area contributed by atoms with Crippen LogP contribution in [0.3, 0.4) is 0 Å². The van der Waals surface area contributed by atoms with Crippen LogP contribution in [0.25, 0.3) is 16.7 Å². The van der Waals surface area contributed by atoms with Gasteiger partial charge >= 0.3 is 0 Å². The second-order valence-electron chi connectivity index (χ2n) is 6.47. The Morgan fingerprint density at radius 2 is 1.85 bits per heavy atom. The number of rotatable bonds is 7. The summed E-state index contributed by atoms with van der Waals surface area (Å²) in [5, 5.41) is 9.53. The summed E-state index contributed by atoms with van der Waals surface area (Å²) in [5.41, 5.74) is 1.56. The zero-order chi connectivity index (χ0) is 18.7. The summed E-state index contributed by atoms with van der Waals surface area (Å²) in [7, 11) is 0. The van der Waals surface area contributed by atoms with E-state index in [1.807, 2.05) is 28.4 Å². The molecule has 0 aliphatic heterocycles. The molecule has 3 rings (SSSR count). The highest BCUT2D eigenvalue weighted by molar-refractivity contribution is 6.39. The Labute approximate surface area is 158 Å². The van der Waals surface area contributed by atoms with Gasteiger partial charge in [0, 0.05) is 24.7 Å². The van der Waals surface area contributed by atoms with Gasteiger partial charge in [0.15, 0.2) is 5.65 Å². The molecule has 3 aromatic rings. The van der Waals surface area contributed by atoms with Gasteiger partial charge in [-0.05, 0) is 31.9 Å². The van der Waals surface area contributed by atoms with Gasteiger partial charge in [-0.3, -0.25) is 9.20 Å². The second kappa shape index (κ2) is 7.99. The molecule has 0 aliphatic carbocycles. The van der Waals surface area contributed by atoms with Crippen molar-refractivity contribution in [2.45, 2.75) is 46.5 Å². The zero-order valence-corrected chi connectivity index (χ0v) is 16.3. The largest absolute Gasteiger partial charge is 0.338 e. The van der Waals surface area contributed by atoms with E-state index in [2.05, 4.69) is 29.0 Å². The molecule has 0 fully saturated rings. The Hall–Kier alpha value is -2.21. The molecular weight excluding hydrogens is 350 g/mol. The lowest BCUT2D eigenvalue weighted by molar-refractivity contribution is 0.0752. The van der Waals surface area contributed by atoms with E-state index in [4.69, 9.17) is 11.6 Å². The molecule has 0 saturated heterocycles. The first-order chi connectivity index (χ1) is 12.6. The van der Waals surface area contributed by atoms with Crippen molar-refractivity contribution in [1.82, 2.24) is 24.5 Å². The number of carbonyl (C=O) groups is 1. The summed E-state index contributed by atoms with van der Waals surface area (Å²) in [4.78, 5) is 19.7. The number of aryl methyl sites for hydroxylation is 1. The fraction of sp³-hybridized carbons (Fsp3) is 0.474. The molecule has 0 spiro atoms. The maximum absolute atomic E-state index is 13.4. The van der Waals surface area contributed by atoms with E-state index < -0.39 is 0 Å². The van der Waals surface area contributed by atoms with Crippen molar-refractivity contribution in [1.29, 1.82) is 0 Å². The van der Waals surface area contributed by atoms with E-state index in [1.54, 1.807) is 6.20 Å². The van der Waals surface area contributed by atoms with Crippen molar-refractivity contribution in [3.8, 4) is 0 Å². The zero-order valence-electron chi connectivity index (χ0n) is 15.5. The van der Waals surface area contributed by atoms with E-state index >= 15 is 0 Å². The van der Waals surface area contributed by atoms with E-state index in [-0.39, 0.29) is 5.91 Å². The molecule has 6 nitrogen and oxygen atoms in total. The molecule has 3 heterocycles. The predicted octanol–water partition coefficient (Wildman–Crippen LogP) is 4.28. The Kier molecular flexibility index (Phi) is 5.71. The van der Waals surface area contributed by atoms with Crippen LogP contribution >= 0.6 is 11.6 Å². The molecule has 138 valence electrons. The highest BCUT2D eigenvalue weighted by atomic mass is 35.5. The highest BCUT2D eigenvalue weighted by Crippen LogP contribution is 2.31. The van der Waals surface area contributed by atoms with Crippen LogP contribution in [0.15, 0.2) is 18.3 Å². The Morgan fingerprint density at radius 3 is 2.50 bits per heavy atom. The molecule has 0 radical (unpaired) electrons. The Morgan fingerprint density at radius 1 is 1.15 bits per heavy atom. The van der Waals surface area contributed by atoms with Gasteiger partial charge in [-0.2, -0.15) is 0 Å². The molecule has 0 unspecified atom stereocenters. The number of hydrogen-bond acceptors (Lipinski definition) is 4. The number of nitrogens with zero attached hydrogens (tertiary/aromatic N) is 5. The van der Waals surface area contributed by atoms with Crippen molar-refractivity contribution in [3.63, 3.8) is 0 Å². The van der Waals surface area contributed by atoms with Gasteiger partial charge < -0.3 is 4.90 Å². The molecule has 0 aliphatic rings. The van der Waals surface area contributed by atoms with E-state index in [0.29, 0.717) is 27.7 Å². The number of carbonyl (C=O) groups excluding carboxylic acids is 1. The molecule has 1 amide bonds. The summed E-state index contributed by atoms with van der Waals surface area (Å²) in [6, 6.07) is 3.70. The lowest BCUT2D eigenvalue weighted by Gasteiger charge is -2.23. The first-order valence-electron chi connectivity index (χ1n) is 9.17. The molecule has 0 atom stereocenters. The topological polar surface area (TPSA) is 63.4 Å². The van der Waals surface area contributed by atoms with Crippen LogP contribution in [0, 0.1) is 6.92 Å².